The average molecular weight is 297 g/mol. The molecule has 0 aromatic carbocycles. The van der Waals surface area contributed by atoms with Crippen LogP contribution in [0.1, 0.15) is 34.9 Å². The number of carbonyl (C=O) groups is 2. The van der Waals surface area contributed by atoms with Crippen molar-refractivity contribution in [2.75, 3.05) is 0 Å². The van der Waals surface area contributed by atoms with Crippen molar-refractivity contribution in [1.82, 2.24) is 15.8 Å². The lowest BCUT2D eigenvalue weighted by Crippen LogP contribution is -2.38. The number of hydrogen-bond donors (Lipinski definition) is 2. The van der Waals surface area contributed by atoms with Gasteiger partial charge in [-0.1, -0.05) is 0 Å². The Bertz CT molecular complexity index is 693. The van der Waals surface area contributed by atoms with E-state index < -0.39 is 0 Å². The van der Waals surface area contributed by atoms with Crippen molar-refractivity contribution in [2.24, 2.45) is 0 Å². The Morgan fingerprint density at radius 1 is 1.27 bits per heavy atom. The molecule has 22 heavy (non-hydrogen) atoms. The predicted octanol–water partition coefficient (Wildman–Crippen LogP) is 1.94. The molecule has 0 saturated carbocycles. The second kappa shape index (κ2) is 6.26. The number of furan rings is 1. The number of aromatic nitrogens is 1. The maximum Gasteiger partial charge on any atom is 0.271 e. The monoisotopic (exact) mass is 297 g/mol. The number of hydrazine groups is 1. The van der Waals surface area contributed by atoms with Gasteiger partial charge in [0.2, 0.25) is 0 Å². The Balaban J connectivity index is 1.62. The van der Waals surface area contributed by atoms with Crippen LogP contribution in [-0.4, -0.2) is 16.7 Å². The van der Waals surface area contributed by atoms with E-state index in [9.17, 15) is 9.59 Å². The van der Waals surface area contributed by atoms with Crippen LogP contribution < -0.4 is 10.9 Å². The lowest BCUT2D eigenvalue weighted by atomic mass is 9.89. The quantitative estimate of drug-likeness (QED) is 0.843. The van der Waals surface area contributed by atoms with E-state index in [1.54, 1.807) is 30.7 Å². The first-order valence-corrected chi connectivity index (χ1v) is 6.95. The van der Waals surface area contributed by atoms with Gasteiger partial charge in [0.25, 0.3) is 5.91 Å². The van der Waals surface area contributed by atoms with Crippen LogP contribution in [0.5, 0.6) is 0 Å². The minimum atomic E-state index is -0.304. The minimum absolute atomic E-state index is 0.00535. The fourth-order valence-corrected chi connectivity index (χ4v) is 2.41. The van der Waals surface area contributed by atoms with Gasteiger partial charge in [0.05, 0.1) is 11.8 Å². The second-order valence-electron chi connectivity index (χ2n) is 5.08. The van der Waals surface area contributed by atoms with E-state index in [1.165, 1.54) is 12.3 Å². The van der Waals surface area contributed by atoms with Crippen molar-refractivity contribution >= 4 is 11.7 Å². The van der Waals surface area contributed by atoms with Gasteiger partial charge in [-0.3, -0.25) is 20.0 Å². The molecule has 0 fully saturated rings. The number of allylic oxidation sites excluding steroid dienone is 2. The number of amides is 1. The number of carbonyl (C=O) groups excluding carboxylic acids is 2. The molecule has 0 bridgehead atoms. The summed E-state index contributed by atoms with van der Waals surface area (Å²) in [7, 11) is 0. The third-order valence-corrected chi connectivity index (χ3v) is 3.45. The van der Waals surface area contributed by atoms with E-state index in [0.29, 0.717) is 24.1 Å². The maximum atomic E-state index is 11.9. The molecule has 1 aliphatic carbocycles. The summed E-state index contributed by atoms with van der Waals surface area (Å²) in [5, 5.41) is 0. The van der Waals surface area contributed by atoms with E-state index >= 15 is 0 Å². The van der Waals surface area contributed by atoms with Crippen LogP contribution in [-0.2, 0) is 4.79 Å². The molecule has 0 unspecified atom stereocenters. The molecule has 2 heterocycles. The van der Waals surface area contributed by atoms with Crippen LogP contribution in [0.25, 0.3) is 0 Å². The van der Waals surface area contributed by atoms with Gasteiger partial charge in [0, 0.05) is 36.5 Å². The molecule has 112 valence electrons. The highest BCUT2D eigenvalue weighted by molar-refractivity contribution is 5.94. The Labute approximate surface area is 127 Å². The standard InChI is InChI=1S/C16H15N3O3/c20-14-8-12(15-4-2-6-22-15)7-13(9-14)18-19-16(21)11-3-1-5-17-10-11/h1-6,9-10,12,18H,7-8H2,(H,19,21)/t12-/m0/s1. The number of hydrogen-bond acceptors (Lipinski definition) is 5. The highest BCUT2D eigenvalue weighted by Crippen LogP contribution is 2.30. The van der Waals surface area contributed by atoms with Crippen molar-refractivity contribution in [3.8, 4) is 0 Å². The third-order valence-electron chi connectivity index (χ3n) is 3.45. The Kier molecular flexibility index (Phi) is 4.00. The lowest BCUT2D eigenvalue weighted by molar-refractivity contribution is -0.115. The van der Waals surface area contributed by atoms with Crippen LogP contribution in [0, 0.1) is 0 Å². The molecule has 6 nitrogen and oxygen atoms in total. The Morgan fingerprint density at radius 3 is 2.91 bits per heavy atom. The minimum Gasteiger partial charge on any atom is -0.469 e. The van der Waals surface area contributed by atoms with Crippen molar-refractivity contribution in [1.29, 1.82) is 0 Å². The van der Waals surface area contributed by atoms with Gasteiger partial charge in [-0.15, -0.1) is 0 Å². The third kappa shape index (κ3) is 3.22. The molecule has 0 spiro atoms. The summed E-state index contributed by atoms with van der Waals surface area (Å²) >= 11 is 0. The van der Waals surface area contributed by atoms with E-state index in [2.05, 4.69) is 15.8 Å². The SMILES string of the molecule is O=C1C=C(NNC(=O)c2cccnc2)C[C@H](c2ccco2)C1. The van der Waals surface area contributed by atoms with Crippen molar-refractivity contribution < 1.29 is 14.0 Å². The molecule has 2 aromatic rings. The Morgan fingerprint density at radius 2 is 2.18 bits per heavy atom. The molecule has 1 amide bonds. The van der Waals surface area contributed by atoms with Crippen molar-refractivity contribution in [2.45, 2.75) is 18.8 Å². The van der Waals surface area contributed by atoms with Gasteiger partial charge in [-0.05, 0) is 30.7 Å². The summed E-state index contributed by atoms with van der Waals surface area (Å²) in [6, 6.07) is 7.01. The number of pyridine rings is 1. The van der Waals surface area contributed by atoms with Gasteiger partial charge in [-0.2, -0.15) is 0 Å². The van der Waals surface area contributed by atoms with Crippen molar-refractivity contribution in [3.63, 3.8) is 0 Å². The van der Waals surface area contributed by atoms with Gasteiger partial charge in [0.15, 0.2) is 5.78 Å². The highest BCUT2D eigenvalue weighted by atomic mass is 16.3. The van der Waals surface area contributed by atoms with Crippen LogP contribution in [0.2, 0.25) is 0 Å². The fraction of sp³-hybridized carbons (Fsp3) is 0.188. The lowest BCUT2D eigenvalue weighted by Gasteiger charge is -2.21. The molecule has 0 radical (unpaired) electrons. The first-order valence-electron chi connectivity index (χ1n) is 6.95. The van der Waals surface area contributed by atoms with Gasteiger partial charge in [-0.25, -0.2) is 0 Å². The number of rotatable bonds is 4. The molecule has 6 heteroatoms. The maximum absolute atomic E-state index is 11.9. The van der Waals surface area contributed by atoms with Gasteiger partial charge < -0.3 is 9.84 Å². The summed E-state index contributed by atoms with van der Waals surface area (Å²) in [5.41, 5.74) is 6.50. The average Bonchev–Trinajstić information content (AvgIpc) is 3.07. The zero-order valence-electron chi connectivity index (χ0n) is 11.8. The zero-order chi connectivity index (χ0) is 15.4. The summed E-state index contributed by atoms with van der Waals surface area (Å²) in [6.07, 6.45) is 7.20. The molecule has 3 rings (SSSR count). The van der Waals surface area contributed by atoms with E-state index in [-0.39, 0.29) is 17.6 Å². The molecule has 2 N–H and O–H groups in total. The number of nitrogens with one attached hydrogen (secondary N) is 2. The van der Waals surface area contributed by atoms with E-state index in [0.717, 1.165) is 5.76 Å². The normalized spacial score (nSPS) is 17.7. The first-order chi connectivity index (χ1) is 10.7. The zero-order valence-corrected chi connectivity index (χ0v) is 11.8. The molecule has 2 aromatic heterocycles. The topological polar surface area (TPSA) is 84.2 Å². The molecular formula is C16H15N3O3. The highest BCUT2D eigenvalue weighted by Gasteiger charge is 2.24. The fourth-order valence-electron chi connectivity index (χ4n) is 2.41. The summed E-state index contributed by atoms with van der Waals surface area (Å²) in [6.45, 7) is 0. The summed E-state index contributed by atoms with van der Waals surface area (Å²) < 4.78 is 5.36. The van der Waals surface area contributed by atoms with Gasteiger partial charge >= 0.3 is 0 Å². The molecule has 1 aliphatic rings. The van der Waals surface area contributed by atoms with E-state index in [4.69, 9.17) is 4.42 Å². The van der Waals surface area contributed by atoms with Crippen LogP contribution in [0.3, 0.4) is 0 Å². The van der Waals surface area contributed by atoms with Crippen LogP contribution >= 0.6 is 0 Å². The molecule has 0 aliphatic heterocycles. The smallest absolute Gasteiger partial charge is 0.271 e. The predicted molar refractivity (Wildman–Crippen MR) is 78.6 cm³/mol. The first kappa shape index (κ1) is 14.1. The number of ketones is 1. The Hall–Kier alpha value is -2.89. The largest absolute Gasteiger partial charge is 0.469 e. The summed E-state index contributed by atoms with van der Waals surface area (Å²) in [4.78, 5) is 27.6. The van der Waals surface area contributed by atoms with Crippen LogP contribution in [0.15, 0.2) is 59.1 Å². The molecular weight excluding hydrogens is 282 g/mol. The molecule has 0 saturated heterocycles. The second-order valence-corrected chi connectivity index (χ2v) is 5.08. The van der Waals surface area contributed by atoms with Crippen molar-refractivity contribution in [3.05, 3.63) is 66.0 Å². The summed E-state index contributed by atoms with van der Waals surface area (Å²) in [5.74, 6) is 0.469. The number of nitrogens with zero attached hydrogens (tertiary/aromatic N) is 1. The van der Waals surface area contributed by atoms with E-state index in [1.807, 2.05) is 6.07 Å². The van der Waals surface area contributed by atoms with Crippen LogP contribution in [0.4, 0.5) is 0 Å². The van der Waals surface area contributed by atoms with Gasteiger partial charge in [0.1, 0.15) is 5.76 Å². The molecule has 1 atom stereocenters.